The van der Waals surface area contributed by atoms with Crippen LogP contribution in [0.3, 0.4) is 0 Å². The van der Waals surface area contributed by atoms with Gasteiger partial charge in [0, 0.05) is 19.0 Å². The van der Waals surface area contributed by atoms with Crippen LogP contribution in [0, 0.1) is 5.92 Å². The minimum atomic E-state index is -0.230. The molecule has 1 aliphatic carbocycles. The van der Waals surface area contributed by atoms with E-state index >= 15 is 0 Å². The summed E-state index contributed by atoms with van der Waals surface area (Å²) in [5, 5.41) is 16.2. The van der Waals surface area contributed by atoms with E-state index in [9.17, 15) is 5.11 Å². The molecule has 1 fully saturated rings. The van der Waals surface area contributed by atoms with E-state index in [1.54, 1.807) is 0 Å². The lowest BCUT2D eigenvalue weighted by Crippen LogP contribution is -2.30. The van der Waals surface area contributed by atoms with Crippen molar-refractivity contribution in [1.29, 1.82) is 0 Å². The van der Waals surface area contributed by atoms with Crippen molar-refractivity contribution >= 4 is 23.5 Å². The third-order valence-corrected chi connectivity index (χ3v) is 3.50. The molecule has 2 atom stereocenters. The monoisotopic (exact) mass is 285 g/mol. The average molecular weight is 286 g/mol. The van der Waals surface area contributed by atoms with Crippen molar-refractivity contribution in [3.05, 3.63) is 5.28 Å². The number of halogens is 1. The van der Waals surface area contributed by atoms with Crippen LogP contribution >= 0.6 is 11.6 Å². The van der Waals surface area contributed by atoms with Gasteiger partial charge in [0.15, 0.2) is 0 Å². The van der Waals surface area contributed by atoms with Gasteiger partial charge in [-0.05, 0) is 31.4 Å². The maximum atomic E-state index is 9.91. The molecule has 0 amide bonds. The fraction of sp³-hybridized carbons (Fsp3) is 0.750. The van der Waals surface area contributed by atoms with Crippen molar-refractivity contribution in [3.63, 3.8) is 0 Å². The molecule has 1 saturated carbocycles. The smallest absolute Gasteiger partial charge is 0.228 e. The van der Waals surface area contributed by atoms with Gasteiger partial charge >= 0.3 is 0 Å². The van der Waals surface area contributed by atoms with Gasteiger partial charge in [0.25, 0.3) is 0 Å². The highest BCUT2D eigenvalue weighted by Crippen LogP contribution is 2.24. The Bertz CT molecular complexity index is 417. The second-order valence-electron chi connectivity index (χ2n) is 4.77. The number of hydrogen-bond donors (Lipinski definition) is 3. The summed E-state index contributed by atoms with van der Waals surface area (Å²) < 4.78 is 0. The minimum Gasteiger partial charge on any atom is -0.393 e. The van der Waals surface area contributed by atoms with Crippen LogP contribution in [0.2, 0.25) is 5.28 Å². The van der Waals surface area contributed by atoms with Gasteiger partial charge in [-0.3, -0.25) is 0 Å². The number of nitrogens with zero attached hydrogens (tertiary/aromatic N) is 3. The fourth-order valence-corrected chi connectivity index (χ4v) is 2.47. The van der Waals surface area contributed by atoms with Gasteiger partial charge in [0.05, 0.1) is 6.10 Å². The number of aromatic nitrogens is 3. The molecule has 106 valence electrons. The number of anilines is 2. The summed E-state index contributed by atoms with van der Waals surface area (Å²) in [6.45, 7) is 3.34. The quantitative estimate of drug-likeness (QED) is 0.767. The molecule has 0 aliphatic heterocycles. The molecule has 7 heteroatoms. The lowest BCUT2D eigenvalue weighted by molar-refractivity contribution is 0.0762. The summed E-state index contributed by atoms with van der Waals surface area (Å²) in [5.74, 6) is 1.18. The molecule has 1 heterocycles. The molecule has 0 bridgehead atoms. The van der Waals surface area contributed by atoms with E-state index in [4.69, 9.17) is 11.6 Å². The number of aliphatic hydroxyl groups excluding tert-OH is 1. The molecule has 2 unspecified atom stereocenters. The molecule has 1 aromatic rings. The first kappa shape index (κ1) is 14.3. The molecule has 2 rings (SSSR count). The van der Waals surface area contributed by atoms with Gasteiger partial charge in [-0.1, -0.05) is 12.8 Å². The molecular formula is C12H20ClN5O. The number of hydrogen-bond acceptors (Lipinski definition) is 6. The van der Waals surface area contributed by atoms with E-state index in [-0.39, 0.29) is 17.3 Å². The Kier molecular flexibility index (Phi) is 5.15. The highest BCUT2D eigenvalue weighted by molar-refractivity contribution is 6.28. The maximum Gasteiger partial charge on any atom is 0.228 e. The predicted octanol–water partition coefficient (Wildman–Crippen LogP) is 1.92. The van der Waals surface area contributed by atoms with Crippen molar-refractivity contribution in [1.82, 2.24) is 15.0 Å². The molecule has 1 aliphatic rings. The highest BCUT2D eigenvalue weighted by atomic mass is 35.5. The van der Waals surface area contributed by atoms with Gasteiger partial charge in [-0.2, -0.15) is 15.0 Å². The van der Waals surface area contributed by atoms with Crippen LogP contribution in [0.1, 0.15) is 32.6 Å². The van der Waals surface area contributed by atoms with Gasteiger partial charge in [0.1, 0.15) is 0 Å². The van der Waals surface area contributed by atoms with Gasteiger partial charge in [-0.25, -0.2) is 0 Å². The van der Waals surface area contributed by atoms with Crippen LogP contribution in [-0.4, -0.2) is 39.3 Å². The summed E-state index contributed by atoms with van der Waals surface area (Å²) in [7, 11) is 0. The summed E-state index contributed by atoms with van der Waals surface area (Å²) in [6, 6.07) is 0. The van der Waals surface area contributed by atoms with Gasteiger partial charge in [-0.15, -0.1) is 0 Å². The van der Waals surface area contributed by atoms with E-state index < -0.39 is 0 Å². The standard InChI is InChI=1S/C12H20ClN5O/c1-2-14-11-16-10(13)17-12(18-11)15-7-8-5-3-4-6-9(8)19/h8-9,19H,2-7H2,1H3,(H2,14,15,16,17,18). The number of nitrogens with one attached hydrogen (secondary N) is 2. The summed E-state index contributed by atoms with van der Waals surface area (Å²) in [5.41, 5.74) is 0. The van der Waals surface area contributed by atoms with Gasteiger partial charge < -0.3 is 15.7 Å². The molecule has 0 spiro atoms. The number of aliphatic hydroxyl groups is 1. The number of rotatable bonds is 5. The third kappa shape index (κ3) is 4.18. The Morgan fingerprint density at radius 2 is 1.84 bits per heavy atom. The first-order valence-corrected chi connectivity index (χ1v) is 7.14. The van der Waals surface area contributed by atoms with Crippen LogP contribution in [0.4, 0.5) is 11.9 Å². The van der Waals surface area contributed by atoms with Crippen LogP contribution in [0.15, 0.2) is 0 Å². The van der Waals surface area contributed by atoms with Crippen LogP contribution in [0.5, 0.6) is 0 Å². The van der Waals surface area contributed by atoms with Gasteiger partial charge in [0.2, 0.25) is 17.2 Å². The SMILES string of the molecule is CCNc1nc(Cl)nc(NCC2CCCCC2O)n1. The molecule has 0 saturated heterocycles. The van der Waals surface area contributed by atoms with Crippen molar-refractivity contribution < 1.29 is 5.11 Å². The summed E-state index contributed by atoms with van der Waals surface area (Å²) >= 11 is 5.84. The van der Waals surface area contributed by atoms with E-state index in [2.05, 4.69) is 25.6 Å². The molecule has 0 aromatic carbocycles. The topological polar surface area (TPSA) is 83.0 Å². The lowest BCUT2D eigenvalue weighted by Gasteiger charge is -2.27. The molecule has 3 N–H and O–H groups in total. The minimum absolute atomic E-state index is 0.164. The van der Waals surface area contributed by atoms with E-state index in [1.807, 2.05) is 6.92 Å². The Labute approximate surface area is 118 Å². The zero-order valence-corrected chi connectivity index (χ0v) is 11.8. The van der Waals surface area contributed by atoms with Crippen molar-refractivity contribution in [3.8, 4) is 0 Å². The third-order valence-electron chi connectivity index (χ3n) is 3.33. The fourth-order valence-electron chi connectivity index (χ4n) is 2.31. The average Bonchev–Trinajstić information content (AvgIpc) is 2.37. The first-order chi connectivity index (χ1) is 9.19. The van der Waals surface area contributed by atoms with Crippen molar-refractivity contribution in [2.75, 3.05) is 23.7 Å². The second-order valence-corrected chi connectivity index (χ2v) is 5.11. The first-order valence-electron chi connectivity index (χ1n) is 6.76. The Hall–Kier alpha value is -1.14. The van der Waals surface area contributed by atoms with Crippen LogP contribution in [-0.2, 0) is 0 Å². The molecule has 6 nitrogen and oxygen atoms in total. The lowest BCUT2D eigenvalue weighted by atomic mass is 9.86. The zero-order valence-electron chi connectivity index (χ0n) is 11.1. The van der Waals surface area contributed by atoms with E-state index in [1.165, 1.54) is 6.42 Å². The second kappa shape index (κ2) is 6.86. The zero-order chi connectivity index (χ0) is 13.7. The van der Waals surface area contributed by atoms with Crippen molar-refractivity contribution in [2.24, 2.45) is 5.92 Å². The normalized spacial score (nSPS) is 23.1. The Morgan fingerprint density at radius 1 is 1.16 bits per heavy atom. The Balaban J connectivity index is 1.94. The van der Waals surface area contributed by atoms with Crippen LogP contribution < -0.4 is 10.6 Å². The molecule has 0 radical (unpaired) electrons. The molecule has 19 heavy (non-hydrogen) atoms. The largest absolute Gasteiger partial charge is 0.393 e. The summed E-state index contributed by atoms with van der Waals surface area (Å²) in [4.78, 5) is 12.2. The molecular weight excluding hydrogens is 266 g/mol. The van der Waals surface area contributed by atoms with E-state index in [0.29, 0.717) is 18.4 Å². The Morgan fingerprint density at radius 3 is 2.53 bits per heavy atom. The molecule has 1 aromatic heterocycles. The van der Waals surface area contributed by atoms with Crippen LogP contribution in [0.25, 0.3) is 0 Å². The van der Waals surface area contributed by atoms with E-state index in [0.717, 1.165) is 25.8 Å². The predicted molar refractivity (Wildman–Crippen MR) is 75.5 cm³/mol. The highest BCUT2D eigenvalue weighted by Gasteiger charge is 2.22. The maximum absolute atomic E-state index is 9.91. The van der Waals surface area contributed by atoms with Crippen molar-refractivity contribution in [2.45, 2.75) is 38.7 Å². The summed E-state index contributed by atoms with van der Waals surface area (Å²) in [6.07, 6.45) is 3.97.